The van der Waals surface area contributed by atoms with Gasteiger partial charge in [0.25, 0.3) is 0 Å². The van der Waals surface area contributed by atoms with E-state index in [9.17, 15) is 10.2 Å². The predicted molar refractivity (Wildman–Crippen MR) is 74.3 cm³/mol. The molecule has 1 heterocycles. The zero-order chi connectivity index (χ0) is 13.7. The summed E-state index contributed by atoms with van der Waals surface area (Å²) >= 11 is 0. The van der Waals surface area contributed by atoms with Gasteiger partial charge < -0.3 is 14.9 Å². The van der Waals surface area contributed by atoms with E-state index in [2.05, 4.69) is 4.90 Å². The molecule has 1 saturated heterocycles. The summed E-state index contributed by atoms with van der Waals surface area (Å²) < 4.78 is 5.17. The average molecular weight is 265 g/mol. The summed E-state index contributed by atoms with van der Waals surface area (Å²) in [6.45, 7) is 1.69. The molecular weight excluding hydrogens is 242 g/mol. The molecule has 1 aromatic carbocycles. The van der Waals surface area contributed by atoms with Crippen molar-refractivity contribution in [1.29, 1.82) is 0 Å². The Hall–Kier alpha value is -1.10. The van der Waals surface area contributed by atoms with Crippen LogP contribution in [-0.4, -0.2) is 48.0 Å². The number of ether oxygens (including phenoxy) is 1. The van der Waals surface area contributed by atoms with Crippen LogP contribution in [0.25, 0.3) is 0 Å². The van der Waals surface area contributed by atoms with Gasteiger partial charge in [-0.05, 0) is 37.1 Å². The lowest BCUT2D eigenvalue weighted by atomic mass is 10.0. The van der Waals surface area contributed by atoms with Gasteiger partial charge in [-0.1, -0.05) is 18.6 Å². The quantitative estimate of drug-likeness (QED) is 0.848. The zero-order valence-corrected chi connectivity index (χ0v) is 11.5. The topological polar surface area (TPSA) is 52.9 Å². The molecular formula is C15H23NO3. The number of β-amino-alcohol motifs (C(OH)–C–C–N with tert-alkyl or cyclic N) is 1. The fourth-order valence-electron chi connectivity index (χ4n) is 2.68. The minimum Gasteiger partial charge on any atom is -0.497 e. The molecule has 19 heavy (non-hydrogen) atoms. The van der Waals surface area contributed by atoms with Crippen LogP contribution in [0.1, 0.15) is 30.9 Å². The van der Waals surface area contributed by atoms with E-state index in [4.69, 9.17) is 4.74 Å². The lowest BCUT2D eigenvalue weighted by Gasteiger charge is -2.35. The molecule has 0 amide bonds. The fourth-order valence-corrected chi connectivity index (χ4v) is 2.68. The molecule has 106 valence electrons. The Balaban J connectivity index is 2.00. The van der Waals surface area contributed by atoms with Crippen LogP contribution in [0.15, 0.2) is 24.3 Å². The van der Waals surface area contributed by atoms with Gasteiger partial charge in [0.15, 0.2) is 0 Å². The van der Waals surface area contributed by atoms with Crippen molar-refractivity contribution in [3.05, 3.63) is 29.8 Å². The number of likely N-dealkylation sites (tertiary alicyclic amines) is 1. The van der Waals surface area contributed by atoms with Crippen LogP contribution >= 0.6 is 0 Å². The molecule has 0 radical (unpaired) electrons. The first-order valence-corrected chi connectivity index (χ1v) is 6.91. The summed E-state index contributed by atoms with van der Waals surface area (Å²) in [7, 11) is 1.62. The van der Waals surface area contributed by atoms with E-state index in [-0.39, 0.29) is 12.6 Å². The van der Waals surface area contributed by atoms with Crippen LogP contribution in [-0.2, 0) is 0 Å². The molecule has 2 rings (SSSR count). The molecule has 2 N–H and O–H groups in total. The Kier molecular flexibility index (Phi) is 5.19. The monoisotopic (exact) mass is 265 g/mol. The Morgan fingerprint density at radius 1 is 1.42 bits per heavy atom. The lowest BCUT2D eigenvalue weighted by molar-refractivity contribution is 0.0416. The summed E-state index contributed by atoms with van der Waals surface area (Å²) in [6.07, 6.45) is 2.78. The molecule has 0 saturated carbocycles. The summed E-state index contributed by atoms with van der Waals surface area (Å²) in [6, 6.07) is 7.72. The number of benzene rings is 1. The van der Waals surface area contributed by atoms with E-state index in [0.717, 1.165) is 37.1 Å². The smallest absolute Gasteiger partial charge is 0.119 e. The molecule has 0 aromatic heterocycles. The van der Waals surface area contributed by atoms with Crippen molar-refractivity contribution in [1.82, 2.24) is 4.90 Å². The van der Waals surface area contributed by atoms with Crippen molar-refractivity contribution >= 4 is 0 Å². The first-order chi connectivity index (χ1) is 9.24. The normalized spacial score (nSPS) is 22.2. The number of hydrogen-bond acceptors (Lipinski definition) is 4. The van der Waals surface area contributed by atoms with E-state index >= 15 is 0 Å². The minimum atomic E-state index is -0.540. The van der Waals surface area contributed by atoms with Gasteiger partial charge in [0.1, 0.15) is 5.75 Å². The van der Waals surface area contributed by atoms with Gasteiger partial charge in [-0.15, -0.1) is 0 Å². The summed E-state index contributed by atoms with van der Waals surface area (Å²) in [5.74, 6) is 0.758. The Bertz CT molecular complexity index is 397. The van der Waals surface area contributed by atoms with Gasteiger partial charge in [-0.25, -0.2) is 0 Å². The zero-order valence-electron chi connectivity index (χ0n) is 11.5. The molecule has 2 unspecified atom stereocenters. The van der Waals surface area contributed by atoms with Crippen molar-refractivity contribution in [2.45, 2.75) is 31.4 Å². The molecule has 4 nitrogen and oxygen atoms in total. The van der Waals surface area contributed by atoms with Crippen LogP contribution in [0.2, 0.25) is 0 Å². The highest BCUT2D eigenvalue weighted by Crippen LogP contribution is 2.23. The number of rotatable bonds is 5. The highest BCUT2D eigenvalue weighted by molar-refractivity contribution is 5.29. The average Bonchev–Trinajstić information content (AvgIpc) is 2.47. The fraction of sp³-hybridized carbons (Fsp3) is 0.600. The van der Waals surface area contributed by atoms with Crippen LogP contribution in [0.5, 0.6) is 5.75 Å². The molecule has 1 aromatic rings. The predicted octanol–water partition coefficient (Wildman–Crippen LogP) is 1.58. The number of hydrogen-bond donors (Lipinski definition) is 2. The maximum Gasteiger partial charge on any atom is 0.119 e. The molecule has 0 bridgehead atoms. The van der Waals surface area contributed by atoms with Crippen LogP contribution < -0.4 is 4.74 Å². The Morgan fingerprint density at radius 3 is 3.00 bits per heavy atom. The van der Waals surface area contributed by atoms with Gasteiger partial charge in [-0.2, -0.15) is 0 Å². The highest BCUT2D eigenvalue weighted by Gasteiger charge is 2.24. The van der Waals surface area contributed by atoms with Gasteiger partial charge in [0.2, 0.25) is 0 Å². The number of aliphatic hydroxyl groups excluding tert-OH is 2. The van der Waals surface area contributed by atoms with Crippen molar-refractivity contribution in [3.8, 4) is 5.75 Å². The van der Waals surface area contributed by atoms with E-state index < -0.39 is 6.10 Å². The highest BCUT2D eigenvalue weighted by atomic mass is 16.5. The number of nitrogens with zero attached hydrogens (tertiary/aromatic N) is 1. The minimum absolute atomic E-state index is 0.171. The standard InChI is InChI=1S/C15H23NO3/c1-19-14-7-4-5-12(9-14)15(18)10-16-8-3-2-6-13(16)11-17/h4-5,7,9,13,15,17-18H,2-3,6,8,10-11H2,1H3. The van der Waals surface area contributed by atoms with Crippen LogP contribution in [0.4, 0.5) is 0 Å². The first-order valence-electron chi connectivity index (χ1n) is 6.91. The summed E-state index contributed by atoms with van der Waals surface area (Å²) in [5, 5.41) is 19.7. The largest absolute Gasteiger partial charge is 0.497 e. The number of methoxy groups -OCH3 is 1. The van der Waals surface area contributed by atoms with Gasteiger partial charge >= 0.3 is 0 Å². The second-order valence-electron chi connectivity index (χ2n) is 5.12. The third-order valence-corrected chi connectivity index (χ3v) is 3.85. The molecule has 1 aliphatic heterocycles. The second-order valence-corrected chi connectivity index (χ2v) is 5.12. The van der Waals surface area contributed by atoms with Crippen LogP contribution in [0, 0.1) is 0 Å². The molecule has 2 atom stereocenters. The summed E-state index contributed by atoms with van der Waals surface area (Å²) in [4.78, 5) is 2.19. The van der Waals surface area contributed by atoms with Gasteiger partial charge in [-0.3, -0.25) is 4.90 Å². The van der Waals surface area contributed by atoms with Crippen molar-refractivity contribution in [2.24, 2.45) is 0 Å². The SMILES string of the molecule is COc1cccc(C(O)CN2CCCCC2CO)c1. The van der Waals surface area contributed by atoms with E-state index in [1.165, 1.54) is 0 Å². The van der Waals surface area contributed by atoms with E-state index in [1.54, 1.807) is 7.11 Å². The molecule has 4 heteroatoms. The third-order valence-electron chi connectivity index (χ3n) is 3.85. The third kappa shape index (κ3) is 3.69. The van der Waals surface area contributed by atoms with Gasteiger partial charge in [0, 0.05) is 12.6 Å². The molecule has 0 spiro atoms. The van der Waals surface area contributed by atoms with Crippen molar-refractivity contribution < 1.29 is 14.9 Å². The van der Waals surface area contributed by atoms with Gasteiger partial charge in [0.05, 0.1) is 19.8 Å². The molecule has 1 aliphatic rings. The molecule has 1 fully saturated rings. The van der Waals surface area contributed by atoms with Crippen molar-refractivity contribution in [3.63, 3.8) is 0 Å². The summed E-state index contributed by atoms with van der Waals surface area (Å²) in [5.41, 5.74) is 0.863. The number of piperidine rings is 1. The van der Waals surface area contributed by atoms with Crippen LogP contribution in [0.3, 0.4) is 0 Å². The van der Waals surface area contributed by atoms with E-state index in [0.29, 0.717) is 6.54 Å². The lowest BCUT2D eigenvalue weighted by Crippen LogP contribution is -2.43. The van der Waals surface area contributed by atoms with E-state index in [1.807, 2.05) is 24.3 Å². The second kappa shape index (κ2) is 6.89. The Labute approximate surface area is 114 Å². The maximum atomic E-state index is 10.3. The molecule has 0 aliphatic carbocycles. The van der Waals surface area contributed by atoms with Crippen molar-refractivity contribution in [2.75, 3.05) is 26.8 Å². The number of aliphatic hydroxyl groups is 2. The first kappa shape index (κ1) is 14.3. The maximum absolute atomic E-state index is 10.3. The Morgan fingerprint density at radius 2 is 2.26 bits per heavy atom.